The normalized spacial score (nSPS) is 11.0. The van der Waals surface area contributed by atoms with E-state index in [0.717, 1.165) is 28.5 Å². The molecule has 0 unspecified atom stereocenters. The molecule has 21 heavy (non-hydrogen) atoms. The average Bonchev–Trinajstić information content (AvgIpc) is 3.02. The third kappa shape index (κ3) is 2.85. The molecule has 6 heteroatoms. The lowest BCUT2D eigenvalue weighted by Crippen LogP contribution is -2.17. The van der Waals surface area contributed by atoms with Crippen LogP contribution in [0.1, 0.15) is 23.8 Å². The quantitative estimate of drug-likeness (QED) is 0.754. The van der Waals surface area contributed by atoms with Crippen molar-refractivity contribution in [3.8, 4) is 0 Å². The molecule has 0 aliphatic heterocycles. The molecule has 108 valence electrons. The Balaban J connectivity index is 1.85. The third-order valence-corrected chi connectivity index (χ3v) is 3.62. The number of nitrogens with one attached hydrogen (secondary N) is 2. The topological polar surface area (TPSA) is 62.7 Å². The Hall–Kier alpha value is -2.08. The van der Waals surface area contributed by atoms with Gasteiger partial charge in [0.1, 0.15) is 5.69 Å². The molecule has 2 N–H and O–H groups in total. The Morgan fingerprint density at radius 3 is 3.00 bits per heavy atom. The number of aromatic nitrogens is 3. The van der Waals surface area contributed by atoms with E-state index in [1.54, 1.807) is 0 Å². The second kappa shape index (κ2) is 5.73. The number of hydrogen-bond acceptors (Lipinski definition) is 2. The Bertz CT molecular complexity index is 757. The van der Waals surface area contributed by atoms with Gasteiger partial charge < -0.3 is 9.55 Å². The maximum Gasteiger partial charge on any atom is 0.274 e. The van der Waals surface area contributed by atoms with Crippen molar-refractivity contribution in [2.45, 2.75) is 19.9 Å². The second-order valence-corrected chi connectivity index (χ2v) is 5.71. The maximum absolute atomic E-state index is 12.4. The van der Waals surface area contributed by atoms with E-state index in [-0.39, 0.29) is 5.91 Å². The number of aromatic amines is 1. The lowest BCUT2D eigenvalue weighted by molar-refractivity contribution is 0.101. The molecular formula is C15H15BrN4O. The van der Waals surface area contributed by atoms with Gasteiger partial charge in [0, 0.05) is 17.2 Å². The van der Waals surface area contributed by atoms with E-state index in [9.17, 15) is 4.79 Å². The van der Waals surface area contributed by atoms with Gasteiger partial charge in [-0.1, -0.05) is 19.1 Å². The molecule has 0 aliphatic carbocycles. The van der Waals surface area contributed by atoms with E-state index in [1.165, 1.54) is 0 Å². The van der Waals surface area contributed by atoms with Gasteiger partial charge in [0.2, 0.25) is 5.95 Å². The Labute approximate surface area is 130 Å². The third-order valence-electron chi connectivity index (χ3n) is 3.18. The molecular weight excluding hydrogens is 332 g/mol. The summed E-state index contributed by atoms with van der Waals surface area (Å²) >= 11 is 3.41. The van der Waals surface area contributed by atoms with Crippen molar-refractivity contribution in [2.24, 2.45) is 0 Å². The fraction of sp³-hybridized carbons (Fsp3) is 0.200. The van der Waals surface area contributed by atoms with Crippen LogP contribution in [0.25, 0.3) is 11.0 Å². The van der Waals surface area contributed by atoms with Crippen LogP contribution in [0.2, 0.25) is 0 Å². The van der Waals surface area contributed by atoms with Gasteiger partial charge in [0.05, 0.1) is 11.0 Å². The van der Waals surface area contributed by atoms with E-state index in [2.05, 4.69) is 38.1 Å². The van der Waals surface area contributed by atoms with Gasteiger partial charge in [-0.3, -0.25) is 10.1 Å². The summed E-state index contributed by atoms with van der Waals surface area (Å²) in [6, 6.07) is 9.48. The van der Waals surface area contributed by atoms with Crippen LogP contribution in [0.5, 0.6) is 0 Å². The van der Waals surface area contributed by atoms with E-state index < -0.39 is 0 Å². The van der Waals surface area contributed by atoms with E-state index in [4.69, 9.17) is 0 Å². The molecule has 2 aromatic heterocycles. The molecule has 0 saturated heterocycles. The zero-order chi connectivity index (χ0) is 14.8. The van der Waals surface area contributed by atoms with Crippen molar-refractivity contribution in [2.75, 3.05) is 5.32 Å². The molecule has 3 rings (SSSR count). The molecule has 3 aromatic rings. The van der Waals surface area contributed by atoms with Crippen molar-refractivity contribution in [1.82, 2.24) is 14.5 Å². The van der Waals surface area contributed by atoms with Crippen LogP contribution >= 0.6 is 15.9 Å². The van der Waals surface area contributed by atoms with E-state index in [1.807, 2.05) is 41.1 Å². The van der Waals surface area contributed by atoms with Crippen LogP contribution in [-0.4, -0.2) is 20.4 Å². The minimum atomic E-state index is -0.173. The van der Waals surface area contributed by atoms with Gasteiger partial charge >= 0.3 is 0 Å². The summed E-state index contributed by atoms with van der Waals surface area (Å²) < 4.78 is 2.83. The predicted molar refractivity (Wildman–Crippen MR) is 86.5 cm³/mol. The van der Waals surface area contributed by atoms with Crippen molar-refractivity contribution in [3.05, 3.63) is 46.7 Å². The van der Waals surface area contributed by atoms with Gasteiger partial charge in [-0.25, -0.2) is 4.98 Å². The molecule has 0 spiro atoms. The number of para-hydroxylation sites is 2. The number of fused-ring (bicyclic) bond motifs is 1. The lowest BCUT2D eigenvalue weighted by Gasteiger charge is -2.06. The van der Waals surface area contributed by atoms with Gasteiger partial charge in [-0.15, -0.1) is 0 Å². The summed E-state index contributed by atoms with van der Waals surface area (Å²) in [7, 11) is 0. The number of rotatable bonds is 4. The van der Waals surface area contributed by atoms with Crippen LogP contribution in [-0.2, 0) is 6.54 Å². The first-order chi connectivity index (χ1) is 10.2. The van der Waals surface area contributed by atoms with Gasteiger partial charge in [0.15, 0.2) is 0 Å². The number of halogens is 1. The van der Waals surface area contributed by atoms with Crippen molar-refractivity contribution >= 4 is 38.8 Å². The summed E-state index contributed by atoms with van der Waals surface area (Å²) in [5.74, 6) is 0.287. The Morgan fingerprint density at radius 1 is 1.43 bits per heavy atom. The number of amides is 1. The zero-order valence-corrected chi connectivity index (χ0v) is 13.1. The first-order valence-electron chi connectivity index (χ1n) is 6.79. The molecule has 0 saturated carbocycles. The summed E-state index contributed by atoms with van der Waals surface area (Å²) in [5.41, 5.74) is 2.35. The number of imidazole rings is 1. The fourth-order valence-corrected chi connectivity index (χ4v) is 2.74. The number of nitrogens with zero attached hydrogens (tertiary/aromatic N) is 2. The number of carbonyl (C=O) groups is 1. The standard InChI is InChI=1S/C15H15BrN4O/c1-2-7-20-9-10(16)8-13(20)14(21)19-15-17-11-5-3-4-6-12(11)18-15/h3-6,8-9H,2,7H2,1H3,(H2,17,18,19,21). The number of carbonyl (C=O) groups excluding carboxylic acids is 1. The number of anilines is 1. The minimum Gasteiger partial charge on any atom is -0.342 e. The lowest BCUT2D eigenvalue weighted by atomic mass is 10.3. The SMILES string of the molecule is CCCn1cc(Br)cc1C(=O)Nc1nc2ccccc2[nH]1. The summed E-state index contributed by atoms with van der Waals surface area (Å²) in [6.07, 6.45) is 2.88. The van der Waals surface area contributed by atoms with Gasteiger partial charge in [-0.2, -0.15) is 0 Å². The van der Waals surface area contributed by atoms with Crippen LogP contribution in [0.3, 0.4) is 0 Å². The first-order valence-corrected chi connectivity index (χ1v) is 7.58. The van der Waals surface area contributed by atoms with Crippen LogP contribution in [0.4, 0.5) is 5.95 Å². The van der Waals surface area contributed by atoms with E-state index in [0.29, 0.717) is 11.6 Å². The summed E-state index contributed by atoms with van der Waals surface area (Å²) in [5, 5.41) is 2.81. The number of hydrogen-bond donors (Lipinski definition) is 2. The van der Waals surface area contributed by atoms with Crippen LogP contribution < -0.4 is 5.32 Å². The molecule has 1 amide bonds. The second-order valence-electron chi connectivity index (χ2n) is 4.79. The molecule has 0 bridgehead atoms. The highest BCUT2D eigenvalue weighted by molar-refractivity contribution is 9.10. The highest BCUT2D eigenvalue weighted by Crippen LogP contribution is 2.18. The van der Waals surface area contributed by atoms with Crippen molar-refractivity contribution < 1.29 is 4.79 Å². The first kappa shape index (κ1) is 13.9. The molecule has 2 heterocycles. The highest BCUT2D eigenvalue weighted by atomic mass is 79.9. The number of H-pyrrole nitrogens is 1. The number of benzene rings is 1. The number of aryl methyl sites for hydroxylation is 1. The highest BCUT2D eigenvalue weighted by Gasteiger charge is 2.14. The summed E-state index contributed by atoms with van der Waals surface area (Å²) in [4.78, 5) is 19.8. The molecule has 0 fully saturated rings. The molecule has 0 aliphatic rings. The fourth-order valence-electron chi connectivity index (χ4n) is 2.27. The van der Waals surface area contributed by atoms with Crippen LogP contribution in [0, 0.1) is 0 Å². The average molecular weight is 347 g/mol. The van der Waals surface area contributed by atoms with Crippen LogP contribution in [0.15, 0.2) is 41.0 Å². The monoisotopic (exact) mass is 346 g/mol. The molecule has 1 aromatic carbocycles. The summed E-state index contributed by atoms with van der Waals surface area (Å²) in [6.45, 7) is 2.88. The molecule has 0 radical (unpaired) electrons. The van der Waals surface area contributed by atoms with Gasteiger partial charge in [0.25, 0.3) is 5.91 Å². The van der Waals surface area contributed by atoms with Crippen molar-refractivity contribution in [1.29, 1.82) is 0 Å². The van der Waals surface area contributed by atoms with Gasteiger partial charge in [-0.05, 0) is 40.5 Å². The van der Waals surface area contributed by atoms with Crippen molar-refractivity contribution in [3.63, 3.8) is 0 Å². The largest absolute Gasteiger partial charge is 0.342 e. The smallest absolute Gasteiger partial charge is 0.274 e. The van der Waals surface area contributed by atoms with E-state index >= 15 is 0 Å². The maximum atomic E-state index is 12.4. The molecule has 5 nitrogen and oxygen atoms in total. The predicted octanol–water partition coefficient (Wildman–Crippen LogP) is 3.79. The Kier molecular flexibility index (Phi) is 3.79. The zero-order valence-electron chi connectivity index (χ0n) is 11.6. The molecule has 0 atom stereocenters. The minimum absolute atomic E-state index is 0.173. The Morgan fingerprint density at radius 2 is 2.24 bits per heavy atom.